The minimum absolute atomic E-state index is 0.0551. The molecule has 10 heteroatoms. The molecule has 0 bridgehead atoms. The van der Waals surface area contributed by atoms with Gasteiger partial charge in [0, 0.05) is 24.7 Å². The summed E-state index contributed by atoms with van der Waals surface area (Å²) < 4.78 is 56.7. The topological polar surface area (TPSA) is 73.1 Å². The second-order valence-corrected chi connectivity index (χ2v) is 8.11. The Morgan fingerprint density at radius 2 is 1.80 bits per heavy atom. The quantitative estimate of drug-likeness (QED) is 0.871. The molecule has 1 aromatic carbocycles. The summed E-state index contributed by atoms with van der Waals surface area (Å²) in [5.41, 5.74) is -1.25. The molecule has 2 heterocycles. The average Bonchev–Trinajstić information content (AvgIpc) is 2.82. The van der Waals surface area contributed by atoms with Gasteiger partial charge in [-0.3, -0.25) is 14.2 Å². The molecule has 6 nitrogen and oxygen atoms in total. The smallest absolute Gasteiger partial charge is 0.276 e. The number of fused-ring (bicyclic) bond motifs is 1. The normalized spacial score (nSPS) is 14.4. The first-order valence-electron chi connectivity index (χ1n) is 7.74. The average molecular weight is 392 g/mol. The summed E-state index contributed by atoms with van der Waals surface area (Å²) in [7, 11) is -3.76. The van der Waals surface area contributed by atoms with Gasteiger partial charge in [-0.05, 0) is 25.8 Å². The number of benzene rings is 1. The van der Waals surface area contributed by atoms with Gasteiger partial charge in [-0.2, -0.15) is 0 Å². The fourth-order valence-electron chi connectivity index (χ4n) is 2.81. The van der Waals surface area contributed by atoms with Crippen molar-refractivity contribution in [3.8, 4) is 11.1 Å². The predicted molar refractivity (Wildman–Crippen MR) is 91.4 cm³/mol. The molecule has 0 atom stereocenters. The highest BCUT2D eigenvalue weighted by atomic mass is 35.5. The zero-order valence-corrected chi connectivity index (χ0v) is 14.9. The van der Waals surface area contributed by atoms with E-state index >= 15 is 0 Å². The largest absolute Gasteiger partial charge is 0.281 e. The first kappa shape index (κ1) is 17.9. The minimum Gasteiger partial charge on any atom is -0.281 e. The lowest BCUT2D eigenvalue weighted by atomic mass is 10.1. The van der Waals surface area contributed by atoms with Crippen LogP contribution in [-0.2, 0) is 23.1 Å². The summed E-state index contributed by atoms with van der Waals surface area (Å²) in [5, 5.41) is 0.0551. The van der Waals surface area contributed by atoms with Crippen LogP contribution in [0.3, 0.4) is 0 Å². The van der Waals surface area contributed by atoms with Gasteiger partial charge < -0.3 is 0 Å². The molecule has 0 radical (unpaired) electrons. The minimum atomic E-state index is -3.76. The van der Waals surface area contributed by atoms with Gasteiger partial charge >= 0.3 is 0 Å². The molecule has 0 saturated carbocycles. The first-order valence-corrected chi connectivity index (χ1v) is 9.77. The number of hydrogen-bond donors (Lipinski definition) is 1. The monoisotopic (exact) mass is 391 g/mol. The van der Waals surface area contributed by atoms with Crippen molar-refractivity contribution >= 4 is 27.3 Å². The molecule has 0 saturated heterocycles. The lowest BCUT2D eigenvalue weighted by Gasteiger charge is -2.17. The van der Waals surface area contributed by atoms with E-state index in [2.05, 4.69) is 0 Å². The van der Waals surface area contributed by atoms with E-state index < -0.39 is 32.9 Å². The first-order chi connectivity index (χ1) is 11.7. The van der Waals surface area contributed by atoms with Crippen LogP contribution in [0.1, 0.15) is 19.8 Å². The zero-order chi connectivity index (χ0) is 18.4. The third kappa shape index (κ3) is 3.18. The van der Waals surface area contributed by atoms with Gasteiger partial charge in [-0.1, -0.05) is 11.6 Å². The van der Waals surface area contributed by atoms with Crippen LogP contribution < -0.4 is 10.3 Å². The molecule has 1 N–H and O–H groups in total. The molecule has 1 aliphatic rings. The predicted octanol–water partition coefficient (Wildman–Crippen LogP) is 2.80. The van der Waals surface area contributed by atoms with Crippen molar-refractivity contribution in [1.29, 1.82) is 0 Å². The molecular weight excluding hydrogens is 376 g/mol. The van der Waals surface area contributed by atoms with Crippen LogP contribution in [0.2, 0.25) is 5.15 Å². The van der Waals surface area contributed by atoms with E-state index in [4.69, 9.17) is 11.6 Å². The fraction of sp³-hybridized carbons (Fsp3) is 0.400. The van der Waals surface area contributed by atoms with E-state index in [1.807, 2.05) is 4.72 Å². The van der Waals surface area contributed by atoms with Crippen LogP contribution >= 0.6 is 11.6 Å². The SMILES string of the molecule is CCS(=O)(=O)Nc1cc(-c2c(Cl)n3n(c2=O)CCCC3)c(F)cc1F. The third-order valence-electron chi connectivity index (χ3n) is 4.13. The number of aromatic nitrogens is 2. The van der Waals surface area contributed by atoms with Crippen LogP contribution in [0.5, 0.6) is 0 Å². The maximum atomic E-state index is 14.3. The lowest BCUT2D eigenvalue weighted by Crippen LogP contribution is -2.27. The van der Waals surface area contributed by atoms with Crippen molar-refractivity contribution in [1.82, 2.24) is 9.36 Å². The second kappa shape index (κ2) is 6.45. The van der Waals surface area contributed by atoms with E-state index in [9.17, 15) is 22.0 Å². The fourth-order valence-corrected chi connectivity index (χ4v) is 3.81. The van der Waals surface area contributed by atoms with Gasteiger partial charge in [0.15, 0.2) is 0 Å². The summed E-state index contributed by atoms with van der Waals surface area (Å²) in [4.78, 5) is 12.6. The van der Waals surface area contributed by atoms with E-state index in [1.165, 1.54) is 11.6 Å². The number of rotatable bonds is 4. The van der Waals surface area contributed by atoms with Gasteiger partial charge in [0.25, 0.3) is 5.56 Å². The van der Waals surface area contributed by atoms with Crippen LogP contribution in [0.25, 0.3) is 11.1 Å². The van der Waals surface area contributed by atoms with Gasteiger partial charge in [0.05, 0.1) is 17.0 Å². The van der Waals surface area contributed by atoms with Gasteiger partial charge in [0.1, 0.15) is 16.8 Å². The van der Waals surface area contributed by atoms with E-state index in [-0.39, 0.29) is 22.0 Å². The maximum Gasteiger partial charge on any atom is 0.276 e. The Morgan fingerprint density at radius 1 is 1.16 bits per heavy atom. The molecule has 25 heavy (non-hydrogen) atoms. The van der Waals surface area contributed by atoms with Crippen molar-refractivity contribution < 1.29 is 17.2 Å². The molecule has 0 amide bonds. The summed E-state index contributed by atoms with van der Waals surface area (Å²) in [6.45, 7) is 2.36. The van der Waals surface area contributed by atoms with Crippen LogP contribution in [-0.4, -0.2) is 23.5 Å². The second-order valence-electron chi connectivity index (χ2n) is 5.74. The summed E-state index contributed by atoms with van der Waals surface area (Å²) in [6.07, 6.45) is 1.63. The summed E-state index contributed by atoms with van der Waals surface area (Å²) in [6, 6.07) is 1.51. The van der Waals surface area contributed by atoms with Crippen molar-refractivity contribution in [2.24, 2.45) is 0 Å². The Kier molecular flexibility index (Phi) is 4.63. The number of sulfonamides is 1. The molecule has 2 aromatic rings. The van der Waals surface area contributed by atoms with Crippen molar-refractivity contribution in [2.45, 2.75) is 32.9 Å². The van der Waals surface area contributed by atoms with Gasteiger partial charge in [-0.25, -0.2) is 21.9 Å². The molecule has 136 valence electrons. The van der Waals surface area contributed by atoms with E-state index in [0.29, 0.717) is 19.2 Å². The van der Waals surface area contributed by atoms with E-state index in [0.717, 1.165) is 18.9 Å². The maximum absolute atomic E-state index is 14.3. The van der Waals surface area contributed by atoms with Crippen molar-refractivity contribution in [3.63, 3.8) is 0 Å². The standard InChI is InChI=1S/C15H16ClF2N3O3S/c1-2-25(23,24)19-12-7-9(10(17)8-11(12)18)13-14(16)20-5-3-4-6-21(20)15(13)22/h7-8,19H,2-6H2,1H3. The van der Waals surface area contributed by atoms with Crippen LogP contribution in [0, 0.1) is 11.6 Å². The Balaban J connectivity index is 2.19. The molecule has 0 unspecified atom stereocenters. The van der Waals surface area contributed by atoms with Crippen molar-refractivity contribution in [3.05, 3.63) is 39.3 Å². The Labute approximate surface area is 148 Å². The highest BCUT2D eigenvalue weighted by Crippen LogP contribution is 2.32. The number of hydrogen-bond acceptors (Lipinski definition) is 3. The summed E-state index contributed by atoms with van der Waals surface area (Å²) >= 11 is 6.25. The highest BCUT2D eigenvalue weighted by molar-refractivity contribution is 7.92. The number of nitrogens with zero attached hydrogens (tertiary/aromatic N) is 2. The molecule has 1 aromatic heterocycles. The molecule has 0 spiro atoms. The highest BCUT2D eigenvalue weighted by Gasteiger charge is 2.25. The molecule has 1 aliphatic heterocycles. The number of nitrogens with one attached hydrogen (secondary N) is 1. The third-order valence-corrected chi connectivity index (χ3v) is 5.81. The Bertz CT molecular complexity index is 998. The molecular formula is C15H16ClF2N3O3S. The van der Waals surface area contributed by atoms with Crippen LogP contribution in [0.4, 0.5) is 14.5 Å². The Morgan fingerprint density at radius 3 is 2.40 bits per heavy atom. The number of halogens is 3. The van der Waals surface area contributed by atoms with Crippen molar-refractivity contribution in [2.75, 3.05) is 10.5 Å². The molecule has 0 fully saturated rings. The van der Waals surface area contributed by atoms with Crippen LogP contribution in [0.15, 0.2) is 16.9 Å². The Hall–Kier alpha value is -1.87. The van der Waals surface area contributed by atoms with E-state index in [1.54, 1.807) is 4.68 Å². The van der Waals surface area contributed by atoms with Gasteiger partial charge in [0.2, 0.25) is 10.0 Å². The van der Waals surface area contributed by atoms with Gasteiger partial charge in [-0.15, -0.1) is 0 Å². The molecule has 0 aliphatic carbocycles. The zero-order valence-electron chi connectivity index (χ0n) is 13.4. The number of anilines is 1. The molecule has 3 rings (SSSR count). The lowest BCUT2D eigenvalue weighted by molar-refractivity contribution is 0.356. The summed E-state index contributed by atoms with van der Waals surface area (Å²) in [5.74, 6) is -2.33.